The number of hydrogen-bond acceptors (Lipinski definition) is 6. The fourth-order valence-corrected chi connectivity index (χ4v) is 2.60. The molecule has 0 unspecified atom stereocenters. The molecule has 3 N–H and O–H groups in total. The SMILES string of the molecule is C#C[C@]1(CO)O[C@@H](c2cnc3c(N)ncnn23)C[C@@H]1C. The highest BCUT2D eigenvalue weighted by molar-refractivity contribution is 5.58. The van der Waals surface area contributed by atoms with Gasteiger partial charge in [0, 0.05) is 5.92 Å². The molecule has 0 bridgehead atoms. The van der Waals surface area contributed by atoms with Gasteiger partial charge in [0.05, 0.1) is 18.5 Å². The van der Waals surface area contributed by atoms with Crippen LogP contribution in [0.2, 0.25) is 0 Å². The number of aliphatic hydroxyl groups excluding tert-OH is 1. The van der Waals surface area contributed by atoms with Gasteiger partial charge in [0.2, 0.25) is 0 Å². The van der Waals surface area contributed by atoms with Crippen LogP contribution in [0.4, 0.5) is 5.82 Å². The minimum Gasteiger partial charge on any atom is -0.392 e. The predicted molar refractivity (Wildman–Crippen MR) is 71.5 cm³/mol. The van der Waals surface area contributed by atoms with Crippen molar-refractivity contribution in [3.05, 3.63) is 18.2 Å². The van der Waals surface area contributed by atoms with E-state index in [4.69, 9.17) is 16.9 Å². The molecule has 7 heteroatoms. The number of nitrogen functional groups attached to an aromatic ring is 1. The maximum atomic E-state index is 9.52. The van der Waals surface area contributed by atoms with Crippen LogP contribution in [0, 0.1) is 18.3 Å². The van der Waals surface area contributed by atoms with Crippen molar-refractivity contribution in [1.29, 1.82) is 0 Å². The van der Waals surface area contributed by atoms with Crippen LogP contribution in [0.5, 0.6) is 0 Å². The fraction of sp³-hybridized carbons (Fsp3) is 0.462. The molecule has 104 valence electrons. The summed E-state index contributed by atoms with van der Waals surface area (Å²) in [5.74, 6) is 2.91. The number of aliphatic hydroxyl groups is 1. The molecule has 0 aromatic carbocycles. The molecular formula is C13H15N5O2. The van der Waals surface area contributed by atoms with Gasteiger partial charge >= 0.3 is 0 Å². The molecule has 0 radical (unpaired) electrons. The maximum absolute atomic E-state index is 9.52. The molecule has 7 nitrogen and oxygen atoms in total. The van der Waals surface area contributed by atoms with Gasteiger partial charge in [0.25, 0.3) is 0 Å². The Bertz CT molecular complexity index is 692. The van der Waals surface area contributed by atoms with Gasteiger partial charge in [-0.1, -0.05) is 12.8 Å². The Kier molecular flexibility index (Phi) is 2.85. The van der Waals surface area contributed by atoms with Crippen LogP contribution in [0.15, 0.2) is 12.5 Å². The van der Waals surface area contributed by atoms with Crippen LogP contribution in [0.25, 0.3) is 5.65 Å². The lowest BCUT2D eigenvalue weighted by molar-refractivity contribution is -0.0500. The number of nitrogens with two attached hydrogens (primary N) is 1. The number of ether oxygens (including phenoxy) is 1. The molecule has 0 aliphatic carbocycles. The van der Waals surface area contributed by atoms with Gasteiger partial charge in [-0.25, -0.2) is 14.5 Å². The van der Waals surface area contributed by atoms with Crippen molar-refractivity contribution in [2.75, 3.05) is 12.3 Å². The molecule has 2 aromatic heterocycles. The summed E-state index contributed by atoms with van der Waals surface area (Å²) < 4.78 is 7.50. The Hall–Kier alpha value is -2.17. The van der Waals surface area contributed by atoms with E-state index in [-0.39, 0.29) is 18.6 Å². The summed E-state index contributed by atoms with van der Waals surface area (Å²) in [6.45, 7) is 1.75. The predicted octanol–water partition coefficient (Wildman–Crippen LogP) is 0.168. The van der Waals surface area contributed by atoms with Gasteiger partial charge in [0.15, 0.2) is 17.1 Å². The van der Waals surface area contributed by atoms with E-state index in [0.717, 1.165) is 5.69 Å². The Morgan fingerprint density at radius 2 is 2.45 bits per heavy atom. The van der Waals surface area contributed by atoms with Gasteiger partial charge in [-0.2, -0.15) is 5.10 Å². The van der Waals surface area contributed by atoms with Gasteiger partial charge in [-0.15, -0.1) is 6.42 Å². The summed E-state index contributed by atoms with van der Waals surface area (Å²) in [6.07, 6.45) is 8.94. The Morgan fingerprint density at radius 3 is 3.10 bits per heavy atom. The second-order valence-electron chi connectivity index (χ2n) is 5.00. The van der Waals surface area contributed by atoms with Crippen LogP contribution >= 0.6 is 0 Å². The molecule has 0 amide bonds. The van der Waals surface area contributed by atoms with Gasteiger partial charge in [-0.05, 0) is 6.42 Å². The first kappa shape index (κ1) is 12.8. The fourth-order valence-electron chi connectivity index (χ4n) is 2.60. The normalized spacial score (nSPS) is 29.6. The van der Waals surface area contributed by atoms with Crippen molar-refractivity contribution < 1.29 is 9.84 Å². The van der Waals surface area contributed by atoms with E-state index in [1.54, 1.807) is 10.7 Å². The van der Waals surface area contributed by atoms with Gasteiger partial charge < -0.3 is 15.6 Å². The third-order valence-corrected chi connectivity index (χ3v) is 3.88. The van der Waals surface area contributed by atoms with E-state index < -0.39 is 5.60 Å². The van der Waals surface area contributed by atoms with Gasteiger partial charge in [0.1, 0.15) is 12.4 Å². The van der Waals surface area contributed by atoms with Crippen molar-refractivity contribution in [2.24, 2.45) is 5.92 Å². The molecule has 1 aliphatic heterocycles. The maximum Gasteiger partial charge on any atom is 0.196 e. The molecule has 3 rings (SSSR count). The Balaban J connectivity index is 2.02. The minimum atomic E-state index is -0.951. The molecule has 0 spiro atoms. The molecule has 1 fully saturated rings. The molecule has 3 atom stereocenters. The lowest BCUT2D eigenvalue weighted by Crippen LogP contribution is -2.36. The van der Waals surface area contributed by atoms with Crippen molar-refractivity contribution in [1.82, 2.24) is 19.6 Å². The van der Waals surface area contributed by atoms with Gasteiger partial charge in [-0.3, -0.25) is 0 Å². The Labute approximate surface area is 115 Å². The number of anilines is 1. The standard InChI is InChI=1S/C13H15N5O2/c1-3-13(6-19)8(2)4-10(20-13)9-5-15-12-11(14)16-7-17-18(9)12/h1,5,7-8,10,19H,4,6H2,2H3,(H2,14,16,17)/t8-,10+,13+/m0/s1. The molecule has 3 heterocycles. The number of aromatic nitrogens is 4. The van der Waals surface area contributed by atoms with Crippen molar-refractivity contribution in [3.8, 4) is 12.3 Å². The number of nitrogens with zero attached hydrogens (tertiary/aromatic N) is 4. The zero-order chi connectivity index (χ0) is 14.3. The highest BCUT2D eigenvalue weighted by Crippen LogP contribution is 2.43. The van der Waals surface area contributed by atoms with E-state index in [9.17, 15) is 5.11 Å². The number of terminal acetylenes is 1. The topological polar surface area (TPSA) is 98.6 Å². The van der Waals surface area contributed by atoms with E-state index >= 15 is 0 Å². The van der Waals surface area contributed by atoms with Crippen molar-refractivity contribution in [3.63, 3.8) is 0 Å². The zero-order valence-corrected chi connectivity index (χ0v) is 11.0. The van der Waals surface area contributed by atoms with Crippen molar-refractivity contribution in [2.45, 2.75) is 25.0 Å². The van der Waals surface area contributed by atoms with Crippen LogP contribution < -0.4 is 5.73 Å². The quantitative estimate of drug-likeness (QED) is 0.757. The van der Waals surface area contributed by atoms with Crippen LogP contribution in [0.1, 0.15) is 25.1 Å². The second-order valence-corrected chi connectivity index (χ2v) is 5.00. The zero-order valence-electron chi connectivity index (χ0n) is 11.0. The molecule has 0 saturated carbocycles. The summed E-state index contributed by atoms with van der Waals surface area (Å²) in [4.78, 5) is 8.10. The largest absolute Gasteiger partial charge is 0.392 e. The van der Waals surface area contributed by atoms with E-state index in [1.807, 2.05) is 6.92 Å². The smallest absolute Gasteiger partial charge is 0.196 e. The third kappa shape index (κ3) is 1.66. The molecule has 20 heavy (non-hydrogen) atoms. The lowest BCUT2D eigenvalue weighted by Gasteiger charge is -2.24. The highest BCUT2D eigenvalue weighted by Gasteiger charge is 2.46. The first-order valence-electron chi connectivity index (χ1n) is 6.32. The third-order valence-electron chi connectivity index (χ3n) is 3.88. The number of fused-ring (bicyclic) bond motifs is 1. The molecule has 1 saturated heterocycles. The van der Waals surface area contributed by atoms with E-state index in [0.29, 0.717) is 17.9 Å². The Morgan fingerprint density at radius 1 is 1.65 bits per heavy atom. The van der Waals surface area contributed by atoms with E-state index in [1.165, 1.54) is 6.33 Å². The number of rotatable bonds is 2. The molecular weight excluding hydrogens is 258 g/mol. The first-order chi connectivity index (χ1) is 9.61. The summed E-state index contributed by atoms with van der Waals surface area (Å²) in [5, 5.41) is 13.7. The average Bonchev–Trinajstić information content (AvgIpc) is 3.01. The van der Waals surface area contributed by atoms with Crippen molar-refractivity contribution >= 4 is 11.5 Å². The monoisotopic (exact) mass is 273 g/mol. The summed E-state index contributed by atoms with van der Waals surface area (Å²) in [7, 11) is 0. The minimum absolute atomic E-state index is 0.0345. The molecule has 2 aromatic rings. The first-order valence-corrected chi connectivity index (χ1v) is 6.32. The number of imidazole rings is 1. The average molecular weight is 273 g/mol. The van der Waals surface area contributed by atoms with Crippen LogP contribution in [-0.4, -0.2) is 36.9 Å². The lowest BCUT2D eigenvalue weighted by atomic mass is 9.89. The highest BCUT2D eigenvalue weighted by atomic mass is 16.5. The molecule has 1 aliphatic rings. The van der Waals surface area contributed by atoms with Crippen LogP contribution in [-0.2, 0) is 4.74 Å². The summed E-state index contributed by atoms with van der Waals surface area (Å²) in [6, 6.07) is 0. The number of hydrogen-bond donors (Lipinski definition) is 2. The summed E-state index contributed by atoms with van der Waals surface area (Å²) in [5.41, 5.74) is 6.05. The van der Waals surface area contributed by atoms with E-state index in [2.05, 4.69) is 21.0 Å². The second kappa shape index (κ2) is 4.44. The van der Waals surface area contributed by atoms with Crippen LogP contribution in [0.3, 0.4) is 0 Å². The summed E-state index contributed by atoms with van der Waals surface area (Å²) >= 11 is 0.